The van der Waals surface area contributed by atoms with Gasteiger partial charge in [-0.2, -0.15) is 0 Å². The molecule has 4 aromatic rings. The van der Waals surface area contributed by atoms with Gasteiger partial charge in [0.25, 0.3) is 0 Å². The standard InChI is InChI=1S/C25H20O4/c26-20-13-11-19(12-14-20)25(17-7-3-1-4-8-17,18-9-5-2-6-10-18)21-15-16-22(27)24(29)23(21)28/h1-16,26-29H. The zero-order chi connectivity index (χ0) is 20.4. The van der Waals surface area contributed by atoms with Crippen LogP contribution >= 0.6 is 0 Å². The van der Waals surface area contributed by atoms with E-state index in [9.17, 15) is 20.4 Å². The van der Waals surface area contributed by atoms with Crippen LogP contribution in [0.1, 0.15) is 22.3 Å². The van der Waals surface area contributed by atoms with Crippen molar-refractivity contribution in [2.45, 2.75) is 5.41 Å². The summed E-state index contributed by atoms with van der Waals surface area (Å²) < 4.78 is 0. The molecule has 4 nitrogen and oxygen atoms in total. The smallest absolute Gasteiger partial charge is 0.200 e. The molecule has 0 saturated carbocycles. The van der Waals surface area contributed by atoms with Crippen LogP contribution in [0.4, 0.5) is 0 Å². The maximum absolute atomic E-state index is 10.9. The van der Waals surface area contributed by atoms with Gasteiger partial charge in [-0.3, -0.25) is 0 Å². The van der Waals surface area contributed by atoms with Gasteiger partial charge in [-0.25, -0.2) is 0 Å². The Morgan fingerprint density at radius 1 is 0.448 bits per heavy atom. The quantitative estimate of drug-likeness (QED) is 0.298. The number of hydrogen-bond acceptors (Lipinski definition) is 4. The van der Waals surface area contributed by atoms with E-state index in [0.29, 0.717) is 5.56 Å². The molecule has 4 aromatic carbocycles. The second kappa shape index (κ2) is 7.24. The van der Waals surface area contributed by atoms with Crippen molar-refractivity contribution >= 4 is 0 Å². The largest absolute Gasteiger partial charge is 0.508 e. The van der Waals surface area contributed by atoms with Crippen molar-refractivity contribution in [1.82, 2.24) is 0 Å². The van der Waals surface area contributed by atoms with Crippen LogP contribution in [-0.4, -0.2) is 20.4 Å². The van der Waals surface area contributed by atoms with E-state index in [2.05, 4.69) is 0 Å². The molecule has 0 aliphatic heterocycles. The molecule has 0 saturated heterocycles. The van der Waals surface area contributed by atoms with Crippen LogP contribution in [0.2, 0.25) is 0 Å². The molecule has 0 amide bonds. The van der Waals surface area contributed by atoms with Crippen molar-refractivity contribution in [3.63, 3.8) is 0 Å². The normalized spacial score (nSPS) is 11.3. The lowest BCUT2D eigenvalue weighted by Gasteiger charge is -2.37. The Hall–Kier alpha value is -3.92. The molecule has 0 aromatic heterocycles. The highest BCUT2D eigenvalue weighted by Gasteiger charge is 2.41. The summed E-state index contributed by atoms with van der Waals surface area (Å²) in [5.74, 6) is -1.24. The molecular formula is C25H20O4. The van der Waals surface area contributed by atoms with Crippen molar-refractivity contribution in [3.05, 3.63) is 119 Å². The van der Waals surface area contributed by atoms with Gasteiger partial charge in [-0.1, -0.05) is 72.8 Å². The summed E-state index contributed by atoms with van der Waals surface area (Å²) in [6.45, 7) is 0. The molecule has 29 heavy (non-hydrogen) atoms. The Morgan fingerprint density at radius 3 is 1.45 bits per heavy atom. The molecule has 4 N–H and O–H groups in total. The average molecular weight is 384 g/mol. The van der Waals surface area contributed by atoms with Crippen LogP contribution in [0.25, 0.3) is 0 Å². The average Bonchev–Trinajstić information content (AvgIpc) is 2.76. The Bertz CT molecular complexity index is 1080. The molecule has 0 aliphatic carbocycles. The Balaban J connectivity index is 2.18. The van der Waals surface area contributed by atoms with E-state index in [1.54, 1.807) is 30.3 Å². The lowest BCUT2D eigenvalue weighted by atomic mass is 9.65. The minimum atomic E-state index is -0.995. The van der Waals surface area contributed by atoms with Crippen LogP contribution in [0.15, 0.2) is 97.1 Å². The number of aromatic hydroxyl groups is 4. The number of phenolic OH excluding ortho intramolecular Hbond substituents is 4. The summed E-state index contributed by atoms with van der Waals surface area (Å²) >= 11 is 0. The Morgan fingerprint density at radius 2 is 0.931 bits per heavy atom. The zero-order valence-electron chi connectivity index (χ0n) is 15.5. The highest BCUT2D eigenvalue weighted by atomic mass is 16.3. The molecule has 144 valence electrons. The lowest BCUT2D eigenvalue weighted by molar-refractivity contribution is 0.362. The number of rotatable bonds is 4. The molecule has 0 fully saturated rings. The summed E-state index contributed by atoms with van der Waals surface area (Å²) in [4.78, 5) is 0. The fraction of sp³-hybridized carbons (Fsp3) is 0.0400. The monoisotopic (exact) mass is 384 g/mol. The fourth-order valence-electron chi connectivity index (χ4n) is 3.93. The summed E-state index contributed by atoms with van der Waals surface area (Å²) in [6, 6.07) is 29.0. The molecule has 0 atom stereocenters. The highest BCUT2D eigenvalue weighted by Crippen LogP contribution is 2.51. The number of benzene rings is 4. The van der Waals surface area contributed by atoms with E-state index >= 15 is 0 Å². The van der Waals surface area contributed by atoms with Crippen LogP contribution in [0.5, 0.6) is 23.0 Å². The van der Waals surface area contributed by atoms with Gasteiger partial charge in [-0.15, -0.1) is 0 Å². The lowest BCUT2D eigenvalue weighted by Crippen LogP contribution is -2.31. The van der Waals surface area contributed by atoms with Crippen LogP contribution in [-0.2, 0) is 5.41 Å². The molecular weight excluding hydrogens is 364 g/mol. The summed E-state index contributed by atoms with van der Waals surface area (Å²) in [6.07, 6.45) is 0. The molecule has 0 aliphatic rings. The third-order valence-electron chi connectivity index (χ3n) is 5.25. The van der Waals surface area contributed by atoms with Gasteiger partial charge in [-0.05, 0) is 41.0 Å². The van der Waals surface area contributed by atoms with E-state index in [1.807, 2.05) is 60.7 Å². The van der Waals surface area contributed by atoms with E-state index in [-0.39, 0.29) is 5.75 Å². The predicted octanol–water partition coefficient (Wildman–Crippen LogP) is 4.89. The second-order valence-corrected chi connectivity index (χ2v) is 6.86. The topological polar surface area (TPSA) is 80.9 Å². The summed E-state index contributed by atoms with van der Waals surface area (Å²) in [7, 11) is 0. The highest BCUT2D eigenvalue weighted by molar-refractivity contribution is 5.67. The molecule has 4 rings (SSSR count). The third kappa shape index (κ3) is 2.95. The summed E-state index contributed by atoms with van der Waals surface area (Å²) in [5, 5.41) is 40.9. The predicted molar refractivity (Wildman–Crippen MR) is 111 cm³/mol. The minimum Gasteiger partial charge on any atom is -0.508 e. The van der Waals surface area contributed by atoms with E-state index in [1.165, 1.54) is 6.07 Å². The molecule has 0 unspecified atom stereocenters. The van der Waals surface area contributed by atoms with E-state index < -0.39 is 22.7 Å². The number of hydrogen-bond donors (Lipinski definition) is 4. The first-order valence-electron chi connectivity index (χ1n) is 9.20. The van der Waals surface area contributed by atoms with Gasteiger partial charge in [0.2, 0.25) is 5.75 Å². The first kappa shape index (κ1) is 18.4. The van der Waals surface area contributed by atoms with Crippen molar-refractivity contribution < 1.29 is 20.4 Å². The maximum atomic E-state index is 10.9. The number of phenols is 4. The van der Waals surface area contributed by atoms with Gasteiger partial charge in [0, 0.05) is 5.56 Å². The van der Waals surface area contributed by atoms with Gasteiger partial charge >= 0.3 is 0 Å². The van der Waals surface area contributed by atoms with Crippen molar-refractivity contribution in [2.75, 3.05) is 0 Å². The first-order valence-corrected chi connectivity index (χ1v) is 9.20. The van der Waals surface area contributed by atoms with Crippen LogP contribution < -0.4 is 0 Å². The van der Waals surface area contributed by atoms with Crippen molar-refractivity contribution in [3.8, 4) is 23.0 Å². The molecule has 4 heteroatoms. The Labute approximate surface area is 168 Å². The van der Waals surface area contributed by atoms with Crippen molar-refractivity contribution in [2.24, 2.45) is 0 Å². The molecule has 0 radical (unpaired) electrons. The van der Waals surface area contributed by atoms with Gasteiger partial charge < -0.3 is 20.4 Å². The van der Waals surface area contributed by atoms with E-state index in [4.69, 9.17) is 0 Å². The van der Waals surface area contributed by atoms with Crippen LogP contribution in [0, 0.1) is 0 Å². The third-order valence-corrected chi connectivity index (χ3v) is 5.25. The summed E-state index contributed by atoms with van der Waals surface area (Å²) in [5.41, 5.74) is 1.92. The molecule has 0 heterocycles. The fourth-order valence-corrected chi connectivity index (χ4v) is 3.93. The van der Waals surface area contributed by atoms with Gasteiger partial charge in [0.15, 0.2) is 11.5 Å². The zero-order valence-corrected chi connectivity index (χ0v) is 15.5. The maximum Gasteiger partial charge on any atom is 0.200 e. The first-order chi connectivity index (χ1) is 14.0. The second-order valence-electron chi connectivity index (χ2n) is 6.86. The molecule has 0 bridgehead atoms. The van der Waals surface area contributed by atoms with Gasteiger partial charge in [0.05, 0.1) is 5.41 Å². The van der Waals surface area contributed by atoms with Crippen molar-refractivity contribution in [1.29, 1.82) is 0 Å². The van der Waals surface area contributed by atoms with E-state index in [0.717, 1.165) is 16.7 Å². The Kier molecular flexibility index (Phi) is 4.61. The van der Waals surface area contributed by atoms with Gasteiger partial charge in [0.1, 0.15) is 5.75 Å². The molecule has 0 spiro atoms. The van der Waals surface area contributed by atoms with Crippen LogP contribution in [0.3, 0.4) is 0 Å². The minimum absolute atomic E-state index is 0.126. The SMILES string of the molecule is Oc1ccc(C(c2ccccc2)(c2ccccc2)c2ccc(O)c(O)c2O)cc1.